The Morgan fingerprint density at radius 3 is 2.23 bits per heavy atom. The van der Waals surface area contributed by atoms with Gasteiger partial charge in [0.2, 0.25) is 5.40 Å². The van der Waals surface area contributed by atoms with Crippen LogP contribution in [0.2, 0.25) is 0 Å². The summed E-state index contributed by atoms with van der Waals surface area (Å²) in [5, 5.41) is 5.39. The third-order valence-corrected chi connectivity index (χ3v) is 4.65. The van der Waals surface area contributed by atoms with Crippen molar-refractivity contribution in [2.24, 2.45) is 0 Å². The van der Waals surface area contributed by atoms with Crippen LogP contribution >= 0.6 is 15.2 Å². The molecule has 0 aliphatic carbocycles. The largest absolute Gasteiger partial charge is 0.346 e. The molecular formula is C11H9N3O6P2. The summed E-state index contributed by atoms with van der Waals surface area (Å²) in [5.41, 5.74) is 0.0447. The molecule has 0 saturated carbocycles. The third kappa shape index (κ3) is 6.52. The van der Waals surface area contributed by atoms with Gasteiger partial charge in [0.15, 0.2) is 0 Å². The molecule has 1 aromatic heterocycles. The maximum atomic E-state index is 11.1. The van der Waals surface area contributed by atoms with Crippen LogP contribution in [0, 0.1) is 51.1 Å². The number of nitrogens with zero attached hydrogens (tertiary/aromatic N) is 3. The molecule has 114 valence electrons. The molecule has 1 heterocycles. The van der Waals surface area contributed by atoms with Gasteiger partial charge in [-0.25, -0.2) is 4.68 Å². The van der Waals surface area contributed by atoms with Crippen LogP contribution in [0.15, 0.2) is 11.8 Å². The van der Waals surface area contributed by atoms with E-state index in [9.17, 15) is 9.13 Å². The highest BCUT2D eigenvalue weighted by atomic mass is 31.2. The molecule has 1 aromatic rings. The maximum Gasteiger partial charge on any atom is 0.346 e. The monoisotopic (exact) mass is 341 g/mol. The summed E-state index contributed by atoms with van der Waals surface area (Å²) in [6.45, 7) is 9.25. The zero-order chi connectivity index (χ0) is 17.0. The van der Waals surface area contributed by atoms with Gasteiger partial charge in [0.05, 0.1) is 18.3 Å². The van der Waals surface area contributed by atoms with Gasteiger partial charge < -0.3 is 19.6 Å². The molecule has 4 N–H and O–H groups in total. The van der Waals surface area contributed by atoms with Gasteiger partial charge in [-0.2, -0.15) is 0 Å². The molecule has 0 spiro atoms. The summed E-state index contributed by atoms with van der Waals surface area (Å²) in [6, 6.07) is 0. The molecule has 0 unspecified atom stereocenters. The number of allylic oxidation sites excluding steroid dienone is 2. The van der Waals surface area contributed by atoms with Crippen LogP contribution in [0.5, 0.6) is 0 Å². The summed E-state index contributed by atoms with van der Waals surface area (Å²) < 4.78 is 23.0. The molecule has 9 nitrogen and oxygen atoms in total. The molecule has 0 aromatic carbocycles. The van der Waals surface area contributed by atoms with Crippen molar-refractivity contribution in [1.29, 1.82) is 0 Å². The lowest BCUT2D eigenvalue weighted by molar-refractivity contribution is 0.358. The van der Waals surface area contributed by atoms with Gasteiger partial charge in [0.25, 0.3) is 0 Å². The van der Waals surface area contributed by atoms with Crippen molar-refractivity contribution in [2.45, 2.75) is 0 Å². The minimum atomic E-state index is -5.20. The molecule has 0 fully saturated rings. The molecule has 0 saturated heterocycles. The Balaban J connectivity index is 2.69. The van der Waals surface area contributed by atoms with Crippen molar-refractivity contribution in [1.82, 2.24) is 15.0 Å². The third-order valence-electron chi connectivity index (χ3n) is 1.76. The fourth-order valence-electron chi connectivity index (χ4n) is 1.01. The summed E-state index contributed by atoms with van der Waals surface area (Å²) in [5.74, 6) is 0. The van der Waals surface area contributed by atoms with Crippen LogP contribution in [0.3, 0.4) is 0 Å². The highest BCUT2D eigenvalue weighted by molar-refractivity contribution is 7.75. The molecule has 12 radical (unpaired) electrons. The summed E-state index contributed by atoms with van der Waals surface area (Å²) in [4.78, 5) is 35.6. The second-order valence-electron chi connectivity index (χ2n) is 3.68. The summed E-state index contributed by atoms with van der Waals surface area (Å²) in [6.07, 6.45) is 10.2. The Labute approximate surface area is 128 Å². The van der Waals surface area contributed by atoms with Crippen LogP contribution < -0.4 is 0 Å². The van der Waals surface area contributed by atoms with Gasteiger partial charge in [-0.15, -0.1) is 5.10 Å². The van der Waals surface area contributed by atoms with E-state index in [0.717, 1.165) is 10.9 Å². The first kappa shape index (κ1) is 19.2. The van der Waals surface area contributed by atoms with Crippen molar-refractivity contribution < 1.29 is 28.7 Å². The lowest BCUT2D eigenvalue weighted by Gasteiger charge is -2.16. The maximum absolute atomic E-state index is 11.1. The molecule has 1 rings (SSSR count). The van der Waals surface area contributed by atoms with Crippen LogP contribution in [0.4, 0.5) is 0 Å². The number of aromatic nitrogens is 3. The summed E-state index contributed by atoms with van der Waals surface area (Å²) >= 11 is 0. The first-order valence-electron chi connectivity index (χ1n) is 5.21. The second kappa shape index (κ2) is 7.64. The Hall–Kier alpha value is -0.820. The van der Waals surface area contributed by atoms with E-state index in [1.807, 2.05) is 6.42 Å². The lowest BCUT2D eigenvalue weighted by atomic mass is 10.2. The van der Waals surface area contributed by atoms with Gasteiger partial charge in [-0.1, -0.05) is 10.8 Å². The van der Waals surface area contributed by atoms with Crippen molar-refractivity contribution in [3.05, 3.63) is 68.6 Å². The van der Waals surface area contributed by atoms with E-state index >= 15 is 0 Å². The Bertz CT molecular complexity index is 591. The predicted molar refractivity (Wildman–Crippen MR) is 72.3 cm³/mol. The van der Waals surface area contributed by atoms with E-state index in [4.69, 9.17) is 19.6 Å². The average molecular weight is 341 g/mol. The van der Waals surface area contributed by atoms with Crippen molar-refractivity contribution in [3.63, 3.8) is 0 Å². The number of hydrogen-bond donors (Lipinski definition) is 4. The minimum Gasteiger partial charge on any atom is -0.324 e. The normalized spacial score (nSPS) is 12.7. The quantitative estimate of drug-likeness (QED) is 0.382. The molecule has 22 heavy (non-hydrogen) atoms. The first-order chi connectivity index (χ1) is 10.00. The number of rotatable bonds is 8. The van der Waals surface area contributed by atoms with Gasteiger partial charge in [0.1, 0.15) is 6.54 Å². The van der Waals surface area contributed by atoms with E-state index in [2.05, 4.69) is 49.6 Å². The molecular weight excluding hydrogens is 332 g/mol. The molecule has 0 atom stereocenters. The molecule has 11 heteroatoms. The number of unbranched alkanes of at least 4 members (excludes halogenated alkanes) is 1. The fraction of sp³-hybridized carbons (Fsp3) is 0. The van der Waals surface area contributed by atoms with E-state index in [-0.39, 0.29) is 5.69 Å². The second-order valence-corrected chi connectivity index (χ2v) is 7.10. The van der Waals surface area contributed by atoms with Gasteiger partial charge in [0, 0.05) is 12.8 Å². The zero-order valence-corrected chi connectivity index (χ0v) is 12.6. The van der Waals surface area contributed by atoms with E-state index in [1.54, 1.807) is 0 Å². The van der Waals surface area contributed by atoms with Gasteiger partial charge in [-0.05, 0) is 19.9 Å². The first-order valence-corrected chi connectivity index (χ1v) is 8.44. The molecule has 0 aliphatic rings. The van der Waals surface area contributed by atoms with E-state index < -0.39 is 20.6 Å². The van der Waals surface area contributed by atoms with Crippen molar-refractivity contribution >= 4 is 15.2 Å². The molecule has 0 aliphatic heterocycles. The smallest absolute Gasteiger partial charge is 0.324 e. The Morgan fingerprint density at radius 1 is 1.14 bits per heavy atom. The fourth-order valence-corrected chi connectivity index (χ4v) is 2.89. The van der Waals surface area contributed by atoms with Crippen molar-refractivity contribution in [3.8, 4) is 0 Å². The van der Waals surface area contributed by atoms with Crippen LogP contribution in [-0.2, 0) is 9.13 Å². The van der Waals surface area contributed by atoms with Gasteiger partial charge >= 0.3 is 15.2 Å². The van der Waals surface area contributed by atoms with E-state index in [1.165, 1.54) is 0 Å². The lowest BCUT2D eigenvalue weighted by Crippen LogP contribution is -2.02. The van der Waals surface area contributed by atoms with Gasteiger partial charge in [-0.3, -0.25) is 9.13 Å². The van der Waals surface area contributed by atoms with Crippen molar-refractivity contribution in [2.75, 3.05) is 0 Å². The minimum absolute atomic E-state index is 0.314. The molecule has 0 bridgehead atoms. The van der Waals surface area contributed by atoms with Crippen LogP contribution in [0.1, 0.15) is 5.69 Å². The standard InChI is InChI=1S/C11H9N3O6P2/c1-9(2)5-3-4-6-14-8-10(12-13-14)7-11(21(15,16)17)22(18,19)20/h8H,1-2H2,(H2,15,16,17)(H2,18,19,20). The Morgan fingerprint density at radius 2 is 1.73 bits per heavy atom. The van der Waals surface area contributed by atoms with E-state index in [0.29, 0.717) is 5.57 Å². The number of hydrogen-bond acceptors (Lipinski definition) is 4. The average Bonchev–Trinajstić information content (AvgIpc) is 2.76. The highest BCUT2D eigenvalue weighted by Crippen LogP contribution is 2.67. The Kier molecular flexibility index (Phi) is 6.67. The van der Waals surface area contributed by atoms with Crippen LogP contribution in [-0.4, -0.2) is 34.6 Å². The highest BCUT2D eigenvalue weighted by Gasteiger charge is 2.45. The zero-order valence-electron chi connectivity index (χ0n) is 10.8. The predicted octanol–water partition coefficient (Wildman–Crippen LogP) is -0.000380. The summed E-state index contributed by atoms with van der Waals surface area (Å²) in [7, 11) is -10.4. The molecule has 0 amide bonds. The topological polar surface area (TPSA) is 146 Å². The SMILES string of the molecule is [CH2]C([CH2])=[C][C][C][C]n1cc([C][C](P(=O)(O)O)P(=O)(O)O)nn1. The van der Waals surface area contributed by atoms with Crippen LogP contribution in [0.25, 0.3) is 0 Å².